The molecule has 0 amide bonds. The Morgan fingerprint density at radius 1 is 1.12 bits per heavy atom. The smallest absolute Gasteiger partial charge is 0.333 e. The van der Waals surface area contributed by atoms with Gasteiger partial charge in [0.05, 0.1) is 16.3 Å². The molecule has 1 aromatic heterocycles. The van der Waals surface area contributed by atoms with Crippen molar-refractivity contribution in [2.75, 3.05) is 0 Å². The Kier molecular flexibility index (Phi) is 4.52. The van der Waals surface area contributed by atoms with Crippen molar-refractivity contribution in [3.63, 3.8) is 0 Å². The number of benzene rings is 2. The first-order chi connectivity index (χ1) is 11.8. The molecule has 9 heteroatoms. The summed E-state index contributed by atoms with van der Waals surface area (Å²) in [7, 11) is 0. The van der Waals surface area contributed by atoms with Gasteiger partial charge >= 0.3 is 5.69 Å². The van der Waals surface area contributed by atoms with Crippen LogP contribution in [0.5, 0.6) is 5.88 Å². The molecule has 0 atom stereocenters. The molecule has 0 fully saturated rings. The molecule has 0 bridgehead atoms. The second kappa shape index (κ2) is 6.62. The number of imidazole rings is 1. The van der Waals surface area contributed by atoms with Gasteiger partial charge in [0.25, 0.3) is 5.69 Å². The summed E-state index contributed by atoms with van der Waals surface area (Å²) in [6, 6.07) is 10.3. The van der Waals surface area contributed by atoms with E-state index in [1.54, 1.807) is 12.1 Å². The van der Waals surface area contributed by atoms with E-state index in [0.717, 1.165) is 4.57 Å². The van der Waals surface area contributed by atoms with Gasteiger partial charge in [-0.05, 0) is 23.8 Å². The second-order valence-corrected chi connectivity index (χ2v) is 6.17. The number of rotatable bonds is 4. The van der Waals surface area contributed by atoms with Gasteiger partial charge in [-0.1, -0.05) is 35.3 Å². The van der Waals surface area contributed by atoms with Crippen molar-refractivity contribution in [3.8, 4) is 11.6 Å². The lowest BCUT2D eigenvalue weighted by Gasteiger charge is -2.05. The van der Waals surface area contributed by atoms with Crippen molar-refractivity contribution in [1.29, 1.82) is 0 Å². The Morgan fingerprint density at radius 2 is 1.72 bits per heavy atom. The van der Waals surface area contributed by atoms with Crippen LogP contribution in [0.2, 0.25) is 10.0 Å². The molecule has 0 saturated carbocycles. The third-order valence-electron chi connectivity index (χ3n) is 3.58. The Hall–Kier alpha value is -2.77. The van der Waals surface area contributed by atoms with E-state index in [1.165, 1.54) is 30.3 Å². The minimum absolute atomic E-state index is 0.0346. The third kappa shape index (κ3) is 3.52. The van der Waals surface area contributed by atoms with Gasteiger partial charge in [0.15, 0.2) is 0 Å². The molecular formula is C16H11Cl2N3O4. The van der Waals surface area contributed by atoms with Crippen LogP contribution in [0, 0.1) is 10.1 Å². The molecule has 128 valence electrons. The van der Waals surface area contributed by atoms with Crippen LogP contribution in [-0.4, -0.2) is 19.6 Å². The summed E-state index contributed by atoms with van der Waals surface area (Å²) in [6.07, 6.45) is 0.195. The van der Waals surface area contributed by atoms with E-state index in [4.69, 9.17) is 23.2 Å². The van der Waals surface area contributed by atoms with Crippen molar-refractivity contribution in [2.24, 2.45) is 0 Å². The number of hydrogen-bond donors (Lipinski definition) is 2. The van der Waals surface area contributed by atoms with Crippen molar-refractivity contribution >= 4 is 28.9 Å². The molecule has 0 radical (unpaired) electrons. The van der Waals surface area contributed by atoms with Crippen molar-refractivity contribution < 1.29 is 10.0 Å². The van der Waals surface area contributed by atoms with Gasteiger partial charge in [-0.2, -0.15) is 0 Å². The molecule has 0 aliphatic carbocycles. The van der Waals surface area contributed by atoms with E-state index in [1.807, 2.05) is 0 Å². The van der Waals surface area contributed by atoms with Gasteiger partial charge in [0.2, 0.25) is 5.88 Å². The van der Waals surface area contributed by atoms with Gasteiger partial charge < -0.3 is 10.1 Å². The number of aromatic nitrogens is 2. The van der Waals surface area contributed by atoms with Crippen LogP contribution in [0.1, 0.15) is 11.3 Å². The van der Waals surface area contributed by atoms with Crippen LogP contribution in [0.25, 0.3) is 5.69 Å². The largest absolute Gasteiger partial charge is 0.493 e. The highest BCUT2D eigenvalue weighted by Crippen LogP contribution is 2.26. The fraction of sp³-hybridized carbons (Fsp3) is 0.0625. The molecule has 2 N–H and O–H groups in total. The van der Waals surface area contributed by atoms with E-state index in [0.29, 0.717) is 21.3 Å². The van der Waals surface area contributed by atoms with E-state index in [2.05, 4.69) is 4.98 Å². The highest BCUT2D eigenvalue weighted by Gasteiger charge is 2.16. The maximum absolute atomic E-state index is 12.2. The minimum Gasteiger partial charge on any atom is -0.493 e. The predicted molar refractivity (Wildman–Crippen MR) is 94.0 cm³/mol. The minimum atomic E-state index is -0.548. The van der Waals surface area contributed by atoms with E-state index in [-0.39, 0.29) is 23.7 Å². The normalized spacial score (nSPS) is 10.8. The lowest BCUT2D eigenvalue weighted by molar-refractivity contribution is -0.384. The number of halogens is 2. The topological polar surface area (TPSA) is 101 Å². The Balaban J connectivity index is 1.97. The summed E-state index contributed by atoms with van der Waals surface area (Å²) in [5.74, 6) is -0.276. The molecule has 0 saturated heterocycles. The molecule has 1 heterocycles. The first-order valence-electron chi connectivity index (χ1n) is 7.08. The number of H-pyrrole nitrogens is 1. The molecule has 3 rings (SSSR count). The average molecular weight is 380 g/mol. The highest BCUT2D eigenvalue weighted by atomic mass is 35.5. The Labute approximate surface area is 151 Å². The van der Waals surface area contributed by atoms with Gasteiger partial charge in [0, 0.05) is 28.6 Å². The number of aromatic amines is 1. The third-order valence-corrected chi connectivity index (χ3v) is 4.01. The van der Waals surface area contributed by atoms with Gasteiger partial charge in [-0.15, -0.1) is 0 Å². The second-order valence-electron chi connectivity index (χ2n) is 5.30. The van der Waals surface area contributed by atoms with Crippen molar-refractivity contribution in [1.82, 2.24) is 9.55 Å². The molecule has 0 spiro atoms. The fourth-order valence-corrected chi connectivity index (χ4v) is 2.96. The fourth-order valence-electron chi connectivity index (χ4n) is 2.44. The van der Waals surface area contributed by atoms with Gasteiger partial charge in [0.1, 0.15) is 0 Å². The standard InChI is InChI=1S/C16H11Cl2N3O4/c17-10-6-11(18)8-13(7-10)20-15(22)14(19-16(20)23)5-9-1-3-12(4-2-9)21(24)25/h1-4,6-8,22H,5H2,(H,19,23). The number of aromatic hydroxyl groups is 1. The summed E-state index contributed by atoms with van der Waals surface area (Å²) in [4.78, 5) is 24.9. The first-order valence-corrected chi connectivity index (χ1v) is 7.83. The van der Waals surface area contributed by atoms with Crippen LogP contribution in [0.4, 0.5) is 5.69 Å². The summed E-state index contributed by atoms with van der Waals surface area (Å²) in [5.41, 5.74) is 0.708. The Morgan fingerprint density at radius 3 is 2.28 bits per heavy atom. The zero-order valence-electron chi connectivity index (χ0n) is 12.6. The van der Waals surface area contributed by atoms with Crippen molar-refractivity contribution in [2.45, 2.75) is 6.42 Å². The number of hydrogen-bond acceptors (Lipinski definition) is 4. The predicted octanol–water partition coefficient (Wildman–Crippen LogP) is 3.68. The van der Waals surface area contributed by atoms with E-state index in [9.17, 15) is 20.0 Å². The summed E-state index contributed by atoms with van der Waals surface area (Å²) in [5, 5.41) is 21.7. The molecular weight excluding hydrogens is 369 g/mol. The van der Waals surface area contributed by atoms with Crippen LogP contribution in [-0.2, 0) is 6.42 Å². The van der Waals surface area contributed by atoms with E-state index >= 15 is 0 Å². The number of nitro benzene ring substituents is 1. The maximum Gasteiger partial charge on any atom is 0.333 e. The van der Waals surface area contributed by atoms with Crippen LogP contribution >= 0.6 is 23.2 Å². The molecule has 2 aromatic carbocycles. The Bertz CT molecular complexity index is 989. The lowest BCUT2D eigenvalue weighted by Crippen LogP contribution is -2.14. The number of nitro groups is 1. The molecule has 25 heavy (non-hydrogen) atoms. The number of nitrogens with one attached hydrogen (secondary N) is 1. The van der Waals surface area contributed by atoms with Crippen LogP contribution < -0.4 is 5.69 Å². The monoisotopic (exact) mass is 379 g/mol. The molecule has 3 aromatic rings. The summed E-state index contributed by atoms with van der Waals surface area (Å²) in [6.45, 7) is 0. The molecule has 0 aliphatic heterocycles. The SMILES string of the molecule is O=c1[nH]c(Cc2ccc([N+](=O)[O-])cc2)c(O)n1-c1cc(Cl)cc(Cl)c1. The van der Waals surface area contributed by atoms with Crippen molar-refractivity contribution in [3.05, 3.63) is 84.4 Å². The highest BCUT2D eigenvalue weighted by molar-refractivity contribution is 6.34. The van der Waals surface area contributed by atoms with E-state index < -0.39 is 10.6 Å². The summed E-state index contributed by atoms with van der Waals surface area (Å²) >= 11 is 11.9. The molecule has 0 aliphatic rings. The zero-order valence-corrected chi connectivity index (χ0v) is 14.1. The first kappa shape index (κ1) is 17.1. The summed E-state index contributed by atoms with van der Waals surface area (Å²) < 4.78 is 1.05. The average Bonchev–Trinajstić information content (AvgIpc) is 2.81. The zero-order chi connectivity index (χ0) is 18.1. The van der Waals surface area contributed by atoms with Crippen LogP contribution in [0.15, 0.2) is 47.3 Å². The van der Waals surface area contributed by atoms with Gasteiger partial charge in [-0.3, -0.25) is 10.1 Å². The number of non-ortho nitro benzene ring substituents is 1. The molecule has 0 unspecified atom stereocenters. The van der Waals surface area contributed by atoms with Crippen LogP contribution in [0.3, 0.4) is 0 Å². The maximum atomic E-state index is 12.2. The van der Waals surface area contributed by atoms with Gasteiger partial charge in [-0.25, -0.2) is 9.36 Å². The molecule has 7 nitrogen and oxygen atoms in total. The number of nitrogens with zero attached hydrogens (tertiary/aromatic N) is 2. The lowest BCUT2D eigenvalue weighted by atomic mass is 10.1. The quantitative estimate of drug-likeness (QED) is 0.533.